The monoisotopic (exact) mass is 510 g/mol. The van der Waals surface area contributed by atoms with Gasteiger partial charge in [-0.15, -0.1) is 0 Å². The summed E-state index contributed by atoms with van der Waals surface area (Å²) in [7, 11) is 0. The third-order valence-electron chi connectivity index (χ3n) is 7.54. The molecule has 6 rings (SSSR count). The van der Waals surface area contributed by atoms with Crippen LogP contribution < -0.4 is 20.3 Å². The Morgan fingerprint density at radius 1 is 0.842 bits per heavy atom. The molecule has 4 heterocycles. The van der Waals surface area contributed by atoms with Crippen molar-refractivity contribution in [2.45, 2.75) is 12.8 Å². The van der Waals surface area contributed by atoms with E-state index in [1.165, 1.54) is 18.5 Å². The van der Waals surface area contributed by atoms with Crippen LogP contribution in [-0.2, 0) is 4.79 Å². The van der Waals surface area contributed by atoms with Gasteiger partial charge in [-0.3, -0.25) is 9.20 Å². The number of nitroso groups, excluding NO2 is 1. The van der Waals surface area contributed by atoms with Crippen molar-refractivity contribution in [2.75, 3.05) is 60.9 Å². The molecule has 2 aromatic carbocycles. The Labute approximate surface area is 221 Å². The SMILES string of the molecule is O=[NH+]c1ccccc1N1CCN(C(=O)CNc2c(-c3ccc(N4CCCC4)cc3)nc3ccccn23)CC1. The van der Waals surface area contributed by atoms with Gasteiger partial charge in [-0.05, 0) is 43.2 Å². The summed E-state index contributed by atoms with van der Waals surface area (Å²) in [5, 5.41) is 5.42. The smallest absolute Gasteiger partial charge is 0.276 e. The van der Waals surface area contributed by atoms with Gasteiger partial charge in [0.1, 0.15) is 22.8 Å². The molecule has 2 saturated heterocycles. The van der Waals surface area contributed by atoms with Crippen molar-refractivity contribution in [3.63, 3.8) is 0 Å². The second kappa shape index (κ2) is 10.5. The maximum Gasteiger partial charge on any atom is 0.276 e. The van der Waals surface area contributed by atoms with Gasteiger partial charge >= 0.3 is 0 Å². The van der Waals surface area contributed by atoms with E-state index < -0.39 is 0 Å². The zero-order valence-corrected chi connectivity index (χ0v) is 21.3. The number of carbonyl (C=O) groups is 1. The van der Waals surface area contributed by atoms with Crippen molar-refractivity contribution in [1.29, 1.82) is 0 Å². The number of hydrogen-bond donors (Lipinski definition) is 2. The predicted molar refractivity (Wildman–Crippen MR) is 150 cm³/mol. The molecule has 0 saturated carbocycles. The molecule has 194 valence electrons. The number of para-hydroxylation sites is 2. The van der Waals surface area contributed by atoms with Crippen molar-refractivity contribution in [3.8, 4) is 11.3 Å². The van der Waals surface area contributed by atoms with Crippen molar-refractivity contribution >= 4 is 34.4 Å². The molecule has 0 aliphatic carbocycles. The highest BCUT2D eigenvalue weighted by Gasteiger charge is 2.25. The maximum absolute atomic E-state index is 13.2. The first-order valence-electron chi connectivity index (χ1n) is 13.3. The fraction of sp³-hybridized carbons (Fsp3) is 0.310. The number of nitrogens with zero attached hydrogens (tertiary/aromatic N) is 5. The largest absolute Gasteiger partial charge is 0.372 e. The van der Waals surface area contributed by atoms with E-state index in [1.807, 2.05) is 57.1 Å². The molecule has 2 aliphatic rings. The molecular weight excluding hydrogens is 478 g/mol. The highest BCUT2D eigenvalue weighted by atomic mass is 16.3. The second-order valence-corrected chi connectivity index (χ2v) is 9.82. The van der Waals surface area contributed by atoms with Crippen molar-refractivity contribution in [2.24, 2.45) is 0 Å². The highest BCUT2D eigenvalue weighted by Crippen LogP contribution is 2.31. The Balaban J connectivity index is 1.15. The number of pyridine rings is 1. The number of fused-ring (bicyclic) bond motifs is 1. The molecule has 0 unspecified atom stereocenters. The number of piperazine rings is 1. The minimum absolute atomic E-state index is 0.0427. The zero-order valence-electron chi connectivity index (χ0n) is 21.3. The molecule has 2 fully saturated rings. The van der Waals surface area contributed by atoms with Crippen LogP contribution in [0.4, 0.5) is 22.9 Å². The molecule has 0 spiro atoms. The Kier molecular flexibility index (Phi) is 6.64. The number of carbonyl (C=O) groups excluding carboxylic acids is 1. The normalized spacial score (nSPS) is 15.7. The third-order valence-corrected chi connectivity index (χ3v) is 7.54. The number of imidazole rings is 1. The van der Waals surface area contributed by atoms with Gasteiger partial charge in [-0.25, -0.2) is 4.98 Å². The number of anilines is 3. The standard InChI is InChI=1S/C29H31N7O2/c37-27(35-19-17-34(18-20-35)25-8-2-1-7-24(25)32-38)21-30-29-28(31-26-9-3-4-16-36(26)29)22-10-12-23(13-11-22)33-14-5-6-15-33/h1-4,7-13,16,30H,5-6,14-15,17-21H2/p+1. The van der Waals surface area contributed by atoms with Crippen LogP contribution in [0.2, 0.25) is 0 Å². The Morgan fingerprint density at radius 2 is 1.58 bits per heavy atom. The fourth-order valence-electron chi connectivity index (χ4n) is 5.48. The van der Waals surface area contributed by atoms with Gasteiger partial charge in [0, 0.05) is 72.9 Å². The minimum Gasteiger partial charge on any atom is -0.372 e. The first kappa shape index (κ1) is 24.0. The van der Waals surface area contributed by atoms with Crippen LogP contribution in [0.3, 0.4) is 0 Å². The van der Waals surface area contributed by atoms with Gasteiger partial charge in [0.25, 0.3) is 5.69 Å². The summed E-state index contributed by atoms with van der Waals surface area (Å²) in [5.41, 5.74) is 5.36. The van der Waals surface area contributed by atoms with Gasteiger partial charge in [0.05, 0.1) is 6.54 Å². The molecule has 0 radical (unpaired) electrons. The lowest BCUT2D eigenvalue weighted by Crippen LogP contribution is -2.57. The number of amides is 1. The van der Waals surface area contributed by atoms with Crippen LogP contribution in [0.5, 0.6) is 0 Å². The lowest BCUT2D eigenvalue weighted by molar-refractivity contribution is -0.378. The molecule has 2 N–H and O–H groups in total. The van der Waals surface area contributed by atoms with Crippen LogP contribution >= 0.6 is 0 Å². The average Bonchev–Trinajstić information content (AvgIpc) is 3.65. The summed E-state index contributed by atoms with van der Waals surface area (Å²) in [4.78, 5) is 35.8. The number of rotatable bonds is 7. The summed E-state index contributed by atoms with van der Waals surface area (Å²) in [5.74, 6) is 0.859. The van der Waals surface area contributed by atoms with Gasteiger partial charge in [-0.2, -0.15) is 0 Å². The molecule has 9 nitrogen and oxygen atoms in total. The van der Waals surface area contributed by atoms with Crippen LogP contribution in [-0.4, -0.2) is 66.0 Å². The lowest BCUT2D eigenvalue weighted by Gasteiger charge is -2.35. The van der Waals surface area contributed by atoms with Crippen molar-refractivity contribution in [3.05, 3.63) is 77.8 Å². The number of aromatic nitrogens is 2. The summed E-state index contributed by atoms with van der Waals surface area (Å²) in [6, 6.07) is 22.0. The van der Waals surface area contributed by atoms with Crippen molar-refractivity contribution < 1.29 is 9.97 Å². The van der Waals surface area contributed by atoms with Crippen LogP contribution in [0.25, 0.3) is 16.9 Å². The first-order valence-corrected chi connectivity index (χ1v) is 13.3. The zero-order chi connectivity index (χ0) is 25.9. The summed E-state index contributed by atoms with van der Waals surface area (Å²) in [6.45, 7) is 4.96. The van der Waals surface area contributed by atoms with Crippen LogP contribution in [0.15, 0.2) is 72.9 Å². The molecule has 2 aliphatic heterocycles. The third kappa shape index (κ3) is 4.67. The van der Waals surface area contributed by atoms with Gasteiger partial charge in [-0.1, -0.05) is 30.3 Å². The Morgan fingerprint density at radius 3 is 2.34 bits per heavy atom. The first-order chi connectivity index (χ1) is 18.7. The quantitative estimate of drug-likeness (QED) is 0.398. The van der Waals surface area contributed by atoms with E-state index in [2.05, 4.69) is 39.4 Å². The second-order valence-electron chi connectivity index (χ2n) is 9.82. The van der Waals surface area contributed by atoms with E-state index >= 15 is 0 Å². The Hall–Kier alpha value is -4.40. The number of benzene rings is 2. The Bertz CT molecular complexity index is 1440. The average molecular weight is 511 g/mol. The fourth-order valence-corrected chi connectivity index (χ4v) is 5.48. The van der Waals surface area contributed by atoms with E-state index in [0.717, 1.165) is 41.5 Å². The number of hydrogen-bond acceptors (Lipinski definition) is 6. The van der Waals surface area contributed by atoms with E-state index in [-0.39, 0.29) is 12.5 Å². The molecule has 0 bridgehead atoms. The molecule has 1 amide bonds. The van der Waals surface area contributed by atoms with E-state index in [4.69, 9.17) is 4.98 Å². The molecule has 2 aromatic heterocycles. The molecule has 4 aromatic rings. The molecule has 0 atom stereocenters. The van der Waals surface area contributed by atoms with Crippen LogP contribution in [0, 0.1) is 4.91 Å². The van der Waals surface area contributed by atoms with Gasteiger partial charge in [0.15, 0.2) is 0 Å². The summed E-state index contributed by atoms with van der Waals surface area (Å²) >= 11 is 0. The van der Waals surface area contributed by atoms with Gasteiger partial charge in [0.2, 0.25) is 5.91 Å². The van der Waals surface area contributed by atoms with Crippen molar-refractivity contribution in [1.82, 2.24) is 14.3 Å². The van der Waals surface area contributed by atoms with E-state index in [1.54, 1.807) is 6.07 Å². The van der Waals surface area contributed by atoms with Gasteiger partial charge < -0.3 is 20.0 Å². The number of nitrogens with one attached hydrogen (secondary N) is 2. The molecule has 38 heavy (non-hydrogen) atoms. The van der Waals surface area contributed by atoms with E-state index in [0.29, 0.717) is 31.9 Å². The minimum atomic E-state index is 0.0427. The maximum atomic E-state index is 13.2. The highest BCUT2D eigenvalue weighted by molar-refractivity contribution is 5.84. The predicted octanol–water partition coefficient (Wildman–Crippen LogP) is 2.84. The van der Waals surface area contributed by atoms with E-state index in [9.17, 15) is 9.70 Å². The summed E-state index contributed by atoms with van der Waals surface area (Å²) in [6.07, 6.45) is 4.46. The lowest BCUT2D eigenvalue weighted by atomic mass is 10.1. The molecular formula is C29H32N7O2+. The topological polar surface area (TPSA) is 87.2 Å². The molecule has 9 heteroatoms. The summed E-state index contributed by atoms with van der Waals surface area (Å²) < 4.78 is 2.00. The van der Waals surface area contributed by atoms with Crippen LogP contribution in [0.1, 0.15) is 12.8 Å².